The molecular weight excluding hydrogens is 358 g/mol. The molecule has 1 N–H and O–H groups in total. The van der Waals surface area contributed by atoms with E-state index in [9.17, 15) is 9.59 Å². The number of hydrogen-bond donors (Lipinski definition) is 1. The third-order valence-corrected chi connectivity index (χ3v) is 5.59. The number of carbonyl (C=O) groups is 1. The third kappa shape index (κ3) is 3.07. The van der Waals surface area contributed by atoms with Gasteiger partial charge in [0.25, 0.3) is 11.5 Å². The Labute approximate surface area is 154 Å². The Hall–Kier alpha value is -2.18. The SMILES string of the molecule is Cc1sc2c(=O)n(C(C)C)cnc2c1C(=O)Nc1cccc(Cl)c1C. The quantitative estimate of drug-likeness (QED) is 0.729. The van der Waals surface area contributed by atoms with Gasteiger partial charge in [-0.3, -0.25) is 14.2 Å². The van der Waals surface area contributed by atoms with Crippen molar-refractivity contribution >= 4 is 44.7 Å². The third-order valence-electron chi connectivity index (χ3n) is 4.10. The Morgan fingerprint density at radius 2 is 2.04 bits per heavy atom. The van der Waals surface area contributed by atoms with E-state index in [1.807, 2.05) is 27.7 Å². The minimum atomic E-state index is -0.289. The molecule has 0 aliphatic heterocycles. The molecule has 0 unspecified atom stereocenters. The number of nitrogens with zero attached hydrogens (tertiary/aromatic N) is 2. The lowest BCUT2D eigenvalue weighted by molar-refractivity contribution is 0.102. The molecule has 7 heteroatoms. The molecule has 130 valence electrons. The van der Waals surface area contributed by atoms with Gasteiger partial charge in [-0.05, 0) is 45.4 Å². The zero-order valence-corrected chi connectivity index (χ0v) is 16.0. The molecule has 0 fully saturated rings. The molecule has 5 nitrogen and oxygen atoms in total. The summed E-state index contributed by atoms with van der Waals surface area (Å²) in [6.45, 7) is 7.51. The molecule has 3 rings (SSSR count). The average Bonchev–Trinajstić information content (AvgIpc) is 2.89. The molecule has 0 atom stereocenters. The predicted molar refractivity (Wildman–Crippen MR) is 103 cm³/mol. The van der Waals surface area contributed by atoms with Crippen molar-refractivity contribution in [2.24, 2.45) is 0 Å². The van der Waals surface area contributed by atoms with Crippen LogP contribution in [0.4, 0.5) is 5.69 Å². The maximum Gasteiger partial charge on any atom is 0.271 e. The number of hydrogen-bond acceptors (Lipinski definition) is 4. The van der Waals surface area contributed by atoms with Crippen LogP contribution in [0.2, 0.25) is 5.02 Å². The highest BCUT2D eigenvalue weighted by Crippen LogP contribution is 2.29. The van der Waals surface area contributed by atoms with E-state index in [0.717, 1.165) is 10.4 Å². The van der Waals surface area contributed by atoms with E-state index in [0.29, 0.717) is 26.5 Å². The van der Waals surface area contributed by atoms with Crippen molar-refractivity contribution in [2.45, 2.75) is 33.7 Å². The van der Waals surface area contributed by atoms with Gasteiger partial charge >= 0.3 is 0 Å². The number of anilines is 1. The zero-order valence-electron chi connectivity index (χ0n) is 14.4. The smallest absolute Gasteiger partial charge is 0.271 e. The molecule has 0 bridgehead atoms. The van der Waals surface area contributed by atoms with Crippen molar-refractivity contribution in [3.63, 3.8) is 0 Å². The summed E-state index contributed by atoms with van der Waals surface area (Å²) in [5.74, 6) is -0.289. The largest absolute Gasteiger partial charge is 0.322 e. The molecule has 0 saturated heterocycles. The molecule has 1 amide bonds. The number of rotatable bonds is 3. The Balaban J connectivity index is 2.08. The molecule has 0 aliphatic rings. The summed E-state index contributed by atoms with van der Waals surface area (Å²) in [6.07, 6.45) is 1.50. The monoisotopic (exact) mass is 375 g/mol. The highest BCUT2D eigenvalue weighted by Gasteiger charge is 2.21. The van der Waals surface area contributed by atoms with Crippen molar-refractivity contribution < 1.29 is 4.79 Å². The summed E-state index contributed by atoms with van der Waals surface area (Å²) >= 11 is 7.41. The predicted octanol–water partition coefficient (Wildman–Crippen LogP) is 4.56. The van der Waals surface area contributed by atoms with Crippen molar-refractivity contribution in [1.82, 2.24) is 9.55 Å². The van der Waals surface area contributed by atoms with Crippen LogP contribution < -0.4 is 10.9 Å². The lowest BCUT2D eigenvalue weighted by atomic mass is 10.1. The Kier molecular flexibility index (Phi) is 4.67. The van der Waals surface area contributed by atoms with E-state index in [4.69, 9.17) is 11.6 Å². The van der Waals surface area contributed by atoms with Gasteiger partial charge in [0.15, 0.2) is 0 Å². The lowest BCUT2D eigenvalue weighted by Crippen LogP contribution is -2.22. The molecule has 25 heavy (non-hydrogen) atoms. The van der Waals surface area contributed by atoms with E-state index >= 15 is 0 Å². The zero-order chi connectivity index (χ0) is 18.3. The van der Waals surface area contributed by atoms with E-state index < -0.39 is 0 Å². The van der Waals surface area contributed by atoms with Gasteiger partial charge in [-0.15, -0.1) is 11.3 Å². The van der Waals surface area contributed by atoms with Crippen LogP contribution in [0.5, 0.6) is 0 Å². The van der Waals surface area contributed by atoms with Crippen LogP contribution in [0.1, 0.15) is 40.7 Å². The molecule has 0 spiro atoms. The fourth-order valence-electron chi connectivity index (χ4n) is 2.65. The number of fused-ring (bicyclic) bond motifs is 1. The number of thiophene rings is 1. The van der Waals surface area contributed by atoms with Crippen LogP contribution in [-0.4, -0.2) is 15.5 Å². The Morgan fingerprint density at radius 3 is 2.72 bits per heavy atom. The number of halogens is 1. The molecule has 0 aliphatic carbocycles. The lowest BCUT2D eigenvalue weighted by Gasteiger charge is -2.10. The Bertz CT molecular complexity index is 1040. The van der Waals surface area contributed by atoms with Crippen LogP contribution in [-0.2, 0) is 0 Å². The average molecular weight is 376 g/mol. The second-order valence-corrected chi connectivity index (χ2v) is 7.76. The minimum Gasteiger partial charge on any atom is -0.322 e. The van der Waals surface area contributed by atoms with E-state index in [1.54, 1.807) is 22.8 Å². The van der Waals surface area contributed by atoms with Crippen LogP contribution in [0.3, 0.4) is 0 Å². The first kappa shape index (κ1) is 17.6. The number of aryl methyl sites for hydroxylation is 1. The first-order valence-electron chi connectivity index (χ1n) is 7.88. The first-order chi connectivity index (χ1) is 11.8. The summed E-state index contributed by atoms with van der Waals surface area (Å²) in [7, 11) is 0. The number of carbonyl (C=O) groups excluding carboxylic acids is 1. The minimum absolute atomic E-state index is 0.0122. The van der Waals surface area contributed by atoms with Gasteiger partial charge in [0, 0.05) is 21.6 Å². The number of aromatic nitrogens is 2. The topological polar surface area (TPSA) is 64.0 Å². The number of benzene rings is 1. The van der Waals surface area contributed by atoms with Crippen LogP contribution in [0.15, 0.2) is 29.3 Å². The summed E-state index contributed by atoms with van der Waals surface area (Å²) < 4.78 is 2.07. The maximum absolute atomic E-state index is 12.8. The van der Waals surface area contributed by atoms with E-state index in [1.165, 1.54) is 17.7 Å². The van der Waals surface area contributed by atoms with Gasteiger partial charge in [0.05, 0.1) is 11.9 Å². The normalized spacial score (nSPS) is 11.3. The van der Waals surface area contributed by atoms with Crippen LogP contribution in [0, 0.1) is 13.8 Å². The fourth-order valence-corrected chi connectivity index (χ4v) is 3.87. The van der Waals surface area contributed by atoms with Crippen molar-refractivity contribution in [3.05, 3.63) is 55.9 Å². The molecule has 2 heterocycles. The van der Waals surface area contributed by atoms with Crippen molar-refractivity contribution in [1.29, 1.82) is 0 Å². The molecule has 2 aromatic heterocycles. The second-order valence-electron chi connectivity index (χ2n) is 6.13. The second kappa shape index (κ2) is 6.61. The number of amides is 1. The Morgan fingerprint density at radius 1 is 1.32 bits per heavy atom. The maximum atomic E-state index is 12.8. The fraction of sp³-hybridized carbons (Fsp3) is 0.278. The highest BCUT2D eigenvalue weighted by atomic mass is 35.5. The van der Waals surface area contributed by atoms with Gasteiger partial charge in [0.2, 0.25) is 0 Å². The van der Waals surface area contributed by atoms with E-state index in [-0.39, 0.29) is 17.5 Å². The van der Waals surface area contributed by atoms with E-state index in [2.05, 4.69) is 10.3 Å². The molecular formula is C18H18ClN3O2S. The van der Waals surface area contributed by atoms with Gasteiger partial charge in [-0.25, -0.2) is 4.98 Å². The summed E-state index contributed by atoms with van der Waals surface area (Å²) in [6, 6.07) is 5.36. The van der Waals surface area contributed by atoms with Crippen molar-refractivity contribution in [2.75, 3.05) is 5.32 Å². The van der Waals surface area contributed by atoms with Gasteiger partial charge in [-0.2, -0.15) is 0 Å². The molecule has 0 radical (unpaired) electrons. The van der Waals surface area contributed by atoms with Crippen LogP contribution in [0.25, 0.3) is 10.2 Å². The standard InChI is InChI=1S/C18H18ClN3O2S/c1-9(2)22-8-20-15-14(11(4)25-16(15)18(22)24)17(23)21-13-7-5-6-12(19)10(13)3/h5-9H,1-4H3,(H,21,23). The first-order valence-corrected chi connectivity index (χ1v) is 9.07. The summed E-state index contributed by atoms with van der Waals surface area (Å²) in [5, 5.41) is 3.46. The van der Waals surface area contributed by atoms with Gasteiger partial charge in [-0.1, -0.05) is 17.7 Å². The highest BCUT2D eigenvalue weighted by molar-refractivity contribution is 7.19. The van der Waals surface area contributed by atoms with Gasteiger partial charge < -0.3 is 5.32 Å². The summed E-state index contributed by atoms with van der Waals surface area (Å²) in [4.78, 5) is 30.5. The molecule has 3 aromatic rings. The van der Waals surface area contributed by atoms with Crippen LogP contribution >= 0.6 is 22.9 Å². The van der Waals surface area contributed by atoms with Crippen molar-refractivity contribution in [3.8, 4) is 0 Å². The summed E-state index contributed by atoms with van der Waals surface area (Å²) in [5.41, 5.74) is 2.21. The van der Waals surface area contributed by atoms with Gasteiger partial charge in [0.1, 0.15) is 10.2 Å². The molecule has 1 aromatic carbocycles. The molecule has 0 saturated carbocycles. The number of nitrogens with one attached hydrogen (secondary N) is 1.